The summed E-state index contributed by atoms with van der Waals surface area (Å²) >= 11 is 7.46. The molecule has 6 heteroatoms. The summed E-state index contributed by atoms with van der Waals surface area (Å²) in [6.07, 6.45) is 1.13. The second-order valence-electron chi connectivity index (χ2n) is 6.74. The maximum Gasteiger partial charge on any atom is 0.242 e. The zero-order chi connectivity index (χ0) is 19.4. The third-order valence-corrected chi connectivity index (χ3v) is 6.32. The van der Waals surface area contributed by atoms with Crippen molar-refractivity contribution in [2.75, 3.05) is 25.5 Å². The molecule has 0 fully saturated rings. The highest BCUT2D eigenvalue weighted by Crippen LogP contribution is 2.38. The van der Waals surface area contributed by atoms with Crippen LogP contribution in [0.4, 0.5) is 0 Å². The molecule has 1 atom stereocenters. The first-order valence-electron chi connectivity index (χ1n) is 9.31. The molecule has 4 nitrogen and oxygen atoms in total. The van der Waals surface area contributed by atoms with E-state index < -0.39 is 0 Å². The number of alkyl halides is 1. The third kappa shape index (κ3) is 4.19. The van der Waals surface area contributed by atoms with Gasteiger partial charge in [0.15, 0.2) is 0 Å². The summed E-state index contributed by atoms with van der Waals surface area (Å²) in [5, 5.41) is 2.10. The van der Waals surface area contributed by atoms with Crippen LogP contribution in [0.1, 0.15) is 41.0 Å². The van der Waals surface area contributed by atoms with E-state index in [1.807, 2.05) is 24.0 Å². The number of hydrogen-bond acceptors (Lipinski definition) is 3. The first-order valence-corrected chi connectivity index (χ1v) is 10.7. The van der Waals surface area contributed by atoms with E-state index in [0.717, 1.165) is 12.0 Å². The van der Waals surface area contributed by atoms with Gasteiger partial charge in [0.1, 0.15) is 0 Å². The number of halogens is 1. The van der Waals surface area contributed by atoms with E-state index in [-0.39, 0.29) is 36.7 Å². The quantitative estimate of drug-likeness (QED) is 0.682. The van der Waals surface area contributed by atoms with Crippen LogP contribution in [0.2, 0.25) is 0 Å². The van der Waals surface area contributed by atoms with Crippen molar-refractivity contribution in [3.05, 3.63) is 57.3 Å². The molecule has 0 spiro atoms. The molecule has 1 aliphatic heterocycles. The summed E-state index contributed by atoms with van der Waals surface area (Å²) in [5.74, 6) is 0.198. The predicted octanol–water partition coefficient (Wildman–Crippen LogP) is 4.01. The highest BCUT2D eigenvalue weighted by Gasteiger charge is 2.34. The van der Waals surface area contributed by atoms with Gasteiger partial charge < -0.3 is 9.80 Å². The van der Waals surface area contributed by atoms with E-state index in [2.05, 4.69) is 30.5 Å². The van der Waals surface area contributed by atoms with Crippen LogP contribution >= 0.6 is 22.9 Å². The van der Waals surface area contributed by atoms with Crippen LogP contribution in [-0.4, -0.2) is 47.1 Å². The molecule has 0 saturated carbocycles. The monoisotopic (exact) mass is 404 g/mol. The molecule has 1 aromatic heterocycles. The Bertz CT molecular complexity index is 820. The van der Waals surface area contributed by atoms with Gasteiger partial charge in [0.05, 0.1) is 12.6 Å². The molecular weight excluding hydrogens is 380 g/mol. The van der Waals surface area contributed by atoms with Crippen molar-refractivity contribution in [1.82, 2.24) is 9.80 Å². The highest BCUT2D eigenvalue weighted by molar-refractivity contribution is 7.10. The molecule has 1 aromatic carbocycles. The van der Waals surface area contributed by atoms with E-state index in [0.29, 0.717) is 13.1 Å². The topological polar surface area (TPSA) is 40.6 Å². The Balaban J connectivity index is 1.90. The maximum atomic E-state index is 13.2. The lowest BCUT2D eigenvalue weighted by Crippen LogP contribution is -2.46. The number of benzene rings is 1. The second kappa shape index (κ2) is 8.89. The van der Waals surface area contributed by atoms with Crippen molar-refractivity contribution in [3.63, 3.8) is 0 Å². The van der Waals surface area contributed by atoms with Gasteiger partial charge in [-0.3, -0.25) is 9.59 Å². The molecule has 3 rings (SSSR count). The Labute approximate surface area is 169 Å². The molecule has 0 unspecified atom stereocenters. The van der Waals surface area contributed by atoms with Crippen molar-refractivity contribution >= 4 is 34.8 Å². The van der Waals surface area contributed by atoms with E-state index in [1.54, 1.807) is 16.2 Å². The summed E-state index contributed by atoms with van der Waals surface area (Å²) in [7, 11) is 0. The Kier molecular flexibility index (Phi) is 6.55. The second-order valence-corrected chi connectivity index (χ2v) is 8.12. The normalized spacial score (nSPS) is 16.1. The standard InChI is InChI=1S/C21H25ClN2O2S/c1-3-23(19(25)8-11-22)14-20(26)24-12-9-18-17(10-13-27-18)21(24)16-7-5-4-6-15(16)2/h4-7,10,13,21H,3,8-9,11-12,14H2,1-2H3/t21-/m1/s1. The van der Waals surface area contributed by atoms with Crippen molar-refractivity contribution in [1.29, 1.82) is 0 Å². The van der Waals surface area contributed by atoms with Gasteiger partial charge in [-0.15, -0.1) is 22.9 Å². The van der Waals surface area contributed by atoms with Crippen LogP contribution < -0.4 is 0 Å². The molecule has 0 aliphatic carbocycles. The number of amides is 2. The van der Waals surface area contributed by atoms with Gasteiger partial charge >= 0.3 is 0 Å². The SMILES string of the molecule is CCN(CC(=O)N1CCc2sccc2[C@H]1c1ccccc1C)C(=O)CCCl. The van der Waals surface area contributed by atoms with Gasteiger partial charge in [-0.05, 0) is 48.4 Å². The Morgan fingerprint density at radius 2 is 2.04 bits per heavy atom. The number of carbonyl (C=O) groups excluding carboxylic acids is 2. The fraction of sp³-hybridized carbons (Fsp3) is 0.429. The lowest BCUT2D eigenvalue weighted by molar-refractivity contribution is -0.141. The Morgan fingerprint density at radius 1 is 1.26 bits per heavy atom. The number of nitrogens with zero attached hydrogens (tertiary/aromatic N) is 2. The van der Waals surface area contributed by atoms with Crippen LogP contribution in [-0.2, 0) is 16.0 Å². The molecule has 1 aliphatic rings. The van der Waals surface area contributed by atoms with Gasteiger partial charge in [0.25, 0.3) is 0 Å². The highest BCUT2D eigenvalue weighted by atomic mass is 35.5. The zero-order valence-electron chi connectivity index (χ0n) is 15.8. The maximum absolute atomic E-state index is 13.2. The molecule has 27 heavy (non-hydrogen) atoms. The van der Waals surface area contributed by atoms with Crippen LogP contribution in [0.3, 0.4) is 0 Å². The van der Waals surface area contributed by atoms with Crippen molar-refractivity contribution < 1.29 is 9.59 Å². The number of thiophene rings is 1. The van der Waals surface area contributed by atoms with Gasteiger partial charge in [0, 0.05) is 30.3 Å². The summed E-state index contributed by atoms with van der Waals surface area (Å²) in [6, 6.07) is 10.3. The number of hydrogen-bond donors (Lipinski definition) is 0. The summed E-state index contributed by atoms with van der Waals surface area (Å²) < 4.78 is 0. The summed E-state index contributed by atoms with van der Waals surface area (Å²) in [4.78, 5) is 30.3. The van der Waals surface area contributed by atoms with Gasteiger partial charge in [-0.1, -0.05) is 24.3 Å². The first-order chi connectivity index (χ1) is 13.1. The molecular formula is C21H25ClN2O2S. The van der Waals surface area contributed by atoms with Crippen LogP contribution in [0.25, 0.3) is 0 Å². The Hall–Kier alpha value is -1.85. The van der Waals surface area contributed by atoms with Gasteiger partial charge in [-0.2, -0.15) is 0 Å². The largest absolute Gasteiger partial charge is 0.334 e. The molecule has 2 amide bonds. The number of likely N-dealkylation sites (N-methyl/N-ethyl adjacent to an activating group) is 1. The van der Waals surface area contributed by atoms with E-state index in [1.165, 1.54) is 16.0 Å². The molecule has 0 bridgehead atoms. The summed E-state index contributed by atoms with van der Waals surface area (Å²) in [5.41, 5.74) is 3.54. The molecule has 2 heterocycles. The average Bonchev–Trinajstić information content (AvgIpc) is 3.14. The fourth-order valence-corrected chi connectivity index (χ4v) is 4.75. The molecule has 0 radical (unpaired) electrons. The van der Waals surface area contributed by atoms with Gasteiger partial charge in [-0.25, -0.2) is 0 Å². The minimum atomic E-state index is -0.0875. The Morgan fingerprint density at radius 3 is 2.74 bits per heavy atom. The molecule has 144 valence electrons. The molecule has 0 N–H and O–H groups in total. The first kappa shape index (κ1) is 19.9. The third-order valence-electron chi connectivity index (χ3n) is 5.14. The van der Waals surface area contributed by atoms with Crippen molar-refractivity contribution in [2.45, 2.75) is 32.7 Å². The van der Waals surface area contributed by atoms with Gasteiger partial charge in [0.2, 0.25) is 11.8 Å². The van der Waals surface area contributed by atoms with E-state index in [9.17, 15) is 9.59 Å². The number of aryl methyl sites for hydroxylation is 1. The number of carbonyl (C=O) groups is 2. The zero-order valence-corrected chi connectivity index (χ0v) is 17.4. The van der Waals surface area contributed by atoms with Crippen LogP contribution in [0.15, 0.2) is 35.7 Å². The summed E-state index contributed by atoms with van der Waals surface area (Å²) in [6.45, 7) is 5.26. The lowest BCUT2D eigenvalue weighted by atomic mass is 9.90. The van der Waals surface area contributed by atoms with Crippen molar-refractivity contribution in [2.24, 2.45) is 0 Å². The fourth-order valence-electron chi connectivity index (χ4n) is 3.68. The van der Waals surface area contributed by atoms with Crippen LogP contribution in [0, 0.1) is 6.92 Å². The minimum Gasteiger partial charge on any atom is -0.334 e. The average molecular weight is 405 g/mol. The lowest BCUT2D eigenvalue weighted by Gasteiger charge is -2.38. The minimum absolute atomic E-state index is 0.00937. The van der Waals surface area contributed by atoms with Crippen LogP contribution in [0.5, 0.6) is 0 Å². The number of rotatable bonds is 6. The van der Waals surface area contributed by atoms with Crippen molar-refractivity contribution in [3.8, 4) is 0 Å². The smallest absolute Gasteiger partial charge is 0.242 e. The molecule has 2 aromatic rings. The van der Waals surface area contributed by atoms with E-state index in [4.69, 9.17) is 11.6 Å². The van der Waals surface area contributed by atoms with E-state index >= 15 is 0 Å². The number of fused-ring (bicyclic) bond motifs is 1. The molecule has 0 saturated heterocycles. The predicted molar refractivity (Wildman–Crippen MR) is 110 cm³/mol.